The zero-order valence-corrected chi connectivity index (χ0v) is 10.6. The van der Waals surface area contributed by atoms with Gasteiger partial charge in [0.05, 0.1) is 11.9 Å². The van der Waals surface area contributed by atoms with Crippen molar-refractivity contribution in [3.63, 3.8) is 0 Å². The maximum atomic E-state index is 11.8. The molecule has 0 amide bonds. The van der Waals surface area contributed by atoms with Crippen molar-refractivity contribution in [2.24, 2.45) is 0 Å². The number of ether oxygens (including phenoxy) is 1. The molecule has 0 aliphatic carbocycles. The molecule has 1 atom stereocenters. The Kier molecular flexibility index (Phi) is 4.82. The molecule has 15 heavy (non-hydrogen) atoms. The smallest absolute Gasteiger partial charge is 0.176 e. The van der Waals surface area contributed by atoms with Crippen LogP contribution >= 0.6 is 15.9 Å². The number of Topliss-reactive ketones (excluding diaryl/α,β-unsaturated/α-hetero) is 1. The Morgan fingerprint density at radius 2 is 2.00 bits per heavy atom. The molecule has 0 aromatic heterocycles. The van der Waals surface area contributed by atoms with Gasteiger partial charge in [0.15, 0.2) is 5.78 Å². The van der Waals surface area contributed by atoms with E-state index in [1.165, 1.54) is 0 Å². The van der Waals surface area contributed by atoms with Crippen molar-refractivity contribution in [1.29, 1.82) is 0 Å². The highest BCUT2D eigenvalue weighted by atomic mass is 79.9. The van der Waals surface area contributed by atoms with Crippen LogP contribution in [0.5, 0.6) is 5.75 Å². The van der Waals surface area contributed by atoms with Gasteiger partial charge in [0.25, 0.3) is 0 Å². The minimum atomic E-state index is -0.0732. The fourth-order valence-corrected chi connectivity index (χ4v) is 2.04. The van der Waals surface area contributed by atoms with E-state index in [0.717, 1.165) is 24.2 Å². The molecule has 0 unspecified atom stereocenters. The summed E-state index contributed by atoms with van der Waals surface area (Å²) in [6, 6.07) is 7.20. The quantitative estimate of drug-likeness (QED) is 0.605. The second-order valence-electron chi connectivity index (χ2n) is 3.35. The summed E-state index contributed by atoms with van der Waals surface area (Å²) in [5, 5.41) is 0. The second-order valence-corrected chi connectivity index (χ2v) is 4.45. The van der Waals surface area contributed by atoms with Gasteiger partial charge in [-0.1, -0.05) is 29.3 Å². The Morgan fingerprint density at radius 1 is 1.40 bits per heavy atom. The van der Waals surface area contributed by atoms with Gasteiger partial charge in [-0.3, -0.25) is 4.79 Å². The zero-order chi connectivity index (χ0) is 11.3. The highest BCUT2D eigenvalue weighted by Gasteiger charge is 2.15. The number of hydrogen-bond donors (Lipinski definition) is 0. The first-order valence-corrected chi connectivity index (χ1v) is 5.93. The molecule has 1 rings (SSSR count). The number of carbonyl (C=O) groups is 1. The van der Waals surface area contributed by atoms with Crippen LogP contribution in [0.3, 0.4) is 0 Å². The van der Waals surface area contributed by atoms with Crippen LogP contribution in [0, 0.1) is 0 Å². The summed E-state index contributed by atoms with van der Waals surface area (Å²) in [6.07, 6.45) is 1.86. The number of hydrogen-bond acceptors (Lipinski definition) is 2. The van der Waals surface area contributed by atoms with E-state index >= 15 is 0 Å². The summed E-state index contributed by atoms with van der Waals surface area (Å²) in [6.45, 7) is 2.07. The van der Waals surface area contributed by atoms with E-state index < -0.39 is 0 Å². The Balaban J connectivity index is 2.73. The molecule has 3 heteroatoms. The second kappa shape index (κ2) is 5.91. The summed E-state index contributed by atoms with van der Waals surface area (Å²) in [5.41, 5.74) is 0.728. The Morgan fingerprint density at radius 3 is 2.47 bits per heavy atom. The Labute approximate surface area is 98.8 Å². The van der Waals surface area contributed by atoms with Gasteiger partial charge in [-0.05, 0) is 30.7 Å². The lowest BCUT2D eigenvalue weighted by Crippen LogP contribution is -2.13. The maximum absolute atomic E-state index is 11.8. The van der Waals surface area contributed by atoms with E-state index in [1.807, 2.05) is 0 Å². The van der Waals surface area contributed by atoms with Crippen LogP contribution < -0.4 is 4.74 Å². The van der Waals surface area contributed by atoms with E-state index in [9.17, 15) is 4.79 Å². The molecule has 0 aliphatic heterocycles. The third kappa shape index (κ3) is 3.34. The van der Waals surface area contributed by atoms with Crippen LogP contribution in [0.25, 0.3) is 0 Å². The Bertz CT molecular complexity index is 319. The van der Waals surface area contributed by atoms with E-state index in [2.05, 4.69) is 22.9 Å². The van der Waals surface area contributed by atoms with Crippen LogP contribution in [0.1, 0.15) is 30.1 Å². The van der Waals surface area contributed by atoms with Crippen molar-refractivity contribution in [2.45, 2.75) is 24.6 Å². The number of alkyl halides is 1. The van der Waals surface area contributed by atoms with Crippen LogP contribution in [-0.4, -0.2) is 17.7 Å². The van der Waals surface area contributed by atoms with Gasteiger partial charge < -0.3 is 4.74 Å². The predicted molar refractivity (Wildman–Crippen MR) is 64.9 cm³/mol. The highest BCUT2D eigenvalue weighted by molar-refractivity contribution is 9.10. The summed E-state index contributed by atoms with van der Waals surface area (Å²) < 4.78 is 5.03. The van der Waals surface area contributed by atoms with E-state index in [-0.39, 0.29) is 10.6 Å². The molecule has 0 saturated carbocycles. The normalized spacial score (nSPS) is 12.2. The zero-order valence-electron chi connectivity index (χ0n) is 9.00. The SMILES string of the molecule is CCC[C@@H](Br)C(=O)c1ccc(OC)cc1. The lowest BCUT2D eigenvalue weighted by atomic mass is 10.1. The molecule has 1 aromatic carbocycles. The molecule has 0 fully saturated rings. The summed E-state index contributed by atoms with van der Waals surface area (Å²) in [7, 11) is 1.61. The lowest BCUT2D eigenvalue weighted by molar-refractivity contribution is 0.0988. The first kappa shape index (κ1) is 12.2. The van der Waals surface area contributed by atoms with Gasteiger partial charge in [-0.25, -0.2) is 0 Å². The predicted octanol–water partition coefficient (Wildman–Crippen LogP) is 3.44. The average molecular weight is 271 g/mol. The van der Waals surface area contributed by atoms with E-state index in [0.29, 0.717) is 0 Å². The molecule has 82 valence electrons. The van der Waals surface area contributed by atoms with Crippen molar-refractivity contribution in [3.8, 4) is 5.75 Å². The van der Waals surface area contributed by atoms with Crippen molar-refractivity contribution < 1.29 is 9.53 Å². The van der Waals surface area contributed by atoms with Crippen LogP contribution in [0.2, 0.25) is 0 Å². The summed E-state index contributed by atoms with van der Waals surface area (Å²) in [5.74, 6) is 0.910. The molecule has 1 aromatic rings. The van der Waals surface area contributed by atoms with Crippen molar-refractivity contribution in [1.82, 2.24) is 0 Å². The number of benzene rings is 1. The number of ketones is 1. The van der Waals surface area contributed by atoms with Gasteiger partial charge >= 0.3 is 0 Å². The number of methoxy groups -OCH3 is 1. The van der Waals surface area contributed by atoms with Crippen molar-refractivity contribution in [2.75, 3.05) is 7.11 Å². The first-order valence-electron chi connectivity index (χ1n) is 5.01. The third-order valence-corrected chi connectivity index (χ3v) is 3.07. The molecule has 0 N–H and O–H groups in total. The molecule has 0 saturated heterocycles. The van der Waals surface area contributed by atoms with E-state index in [1.54, 1.807) is 31.4 Å². The molecule has 0 aliphatic rings. The van der Waals surface area contributed by atoms with Crippen molar-refractivity contribution in [3.05, 3.63) is 29.8 Å². The van der Waals surface area contributed by atoms with Gasteiger partial charge in [0.1, 0.15) is 5.75 Å². The van der Waals surface area contributed by atoms with Crippen molar-refractivity contribution >= 4 is 21.7 Å². The summed E-state index contributed by atoms with van der Waals surface area (Å²) >= 11 is 3.39. The van der Waals surface area contributed by atoms with Gasteiger partial charge in [0.2, 0.25) is 0 Å². The number of halogens is 1. The number of rotatable bonds is 5. The minimum absolute atomic E-state index is 0.0732. The fourth-order valence-electron chi connectivity index (χ4n) is 1.32. The van der Waals surface area contributed by atoms with Crippen LogP contribution in [0.15, 0.2) is 24.3 Å². The largest absolute Gasteiger partial charge is 0.497 e. The van der Waals surface area contributed by atoms with Gasteiger partial charge in [-0.2, -0.15) is 0 Å². The van der Waals surface area contributed by atoms with E-state index in [4.69, 9.17) is 4.74 Å². The molecule has 2 nitrogen and oxygen atoms in total. The van der Waals surface area contributed by atoms with Crippen LogP contribution in [0.4, 0.5) is 0 Å². The maximum Gasteiger partial charge on any atom is 0.176 e. The third-order valence-electron chi connectivity index (χ3n) is 2.20. The average Bonchev–Trinajstić information content (AvgIpc) is 2.28. The van der Waals surface area contributed by atoms with Gasteiger partial charge in [0, 0.05) is 5.56 Å². The topological polar surface area (TPSA) is 26.3 Å². The lowest BCUT2D eigenvalue weighted by Gasteiger charge is -2.07. The van der Waals surface area contributed by atoms with Gasteiger partial charge in [-0.15, -0.1) is 0 Å². The standard InChI is InChI=1S/C12H15BrO2/c1-3-4-11(13)12(14)9-5-7-10(15-2)8-6-9/h5-8,11H,3-4H2,1-2H3/t11-/m1/s1. The molecule has 0 bridgehead atoms. The molecule has 0 spiro atoms. The molecular formula is C12H15BrO2. The monoisotopic (exact) mass is 270 g/mol. The molecular weight excluding hydrogens is 256 g/mol. The number of carbonyl (C=O) groups excluding carboxylic acids is 1. The molecule has 0 radical (unpaired) electrons. The highest BCUT2D eigenvalue weighted by Crippen LogP contribution is 2.17. The minimum Gasteiger partial charge on any atom is -0.497 e. The molecule has 0 heterocycles. The summed E-state index contributed by atoms with van der Waals surface area (Å²) in [4.78, 5) is 11.8. The van der Waals surface area contributed by atoms with Crippen LogP contribution in [-0.2, 0) is 0 Å². The Hall–Kier alpha value is -0.830. The first-order chi connectivity index (χ1) is 7.19. The fraction of sp³-hybridized carbons (Fsp3) is 0.417.